The van der Waals surface area contributed by atoms with E-state index >= 15 is 0 Å². The smallest absolute Gasteiger partial charge is 0.407 e. The molecular formula is C24H28N2O6. The number of ether oxygens (including phenoxy) is 1. The number of aliphatic hydroxyl groups excluding tert-OH is 1. The molecular weight excluding hydrogens is 412 g/mol. The Balaban J connectivity index is 1.66. The summed E-state index contributed by atoms with van der Waals surface area (Å²) in [5, 5.41) is 23.4. The van der Waals surface area contributed by atoms with E-state index in [4.69, 9.17) is 9.84 Å². The van der Waals surface area contributed by atoms with Gasteiger partial charge in [-0.05, 0) is 35.1 Å². The van der Waals surface area contributed by atoms with Crippen LogP contribution in [0.15, 0.2) is 48.5 Å². The molecule has 0 fully saturated rings. The van der Waals surface area contributed by atoms with Crippen LogP contribution in [0.4, 0.5) is 4.79 Å². The predicted molar refractivity (Wildman–Crippen MR) is 118 cm³/mol. The summed E-state index contributed by atoms with van der Waals surface area (Å²) in [6.07, 6.45) is -0.682. The molecule has 0 saturated carbocycles. The lowest BCUT2D eigenvalue weighted by Crippen LogP contribution is -2.50. The Hall–Kier alpha value is -3.39. The number of hydrogen-bond donors (Lipinski definition) is 4. The van der Waals surface area contributed by atoms with Gasteiger partial charge in [0.25, 0.3) is 0 Å². The van der Waals surface area contributed by atoms with Crippen LogP contribution in [-0.4, -0.2) is 53.5 Å². The highest BCUT2D eigenvalue weighted by Crippen LogP contribution is 2.44. The SMILES string of the molecule is CC[C@@H](CO)NC(=O)C(CCC(=O)O)NC(=O)OCC1c2ccccc2-c2ccccc21. The summed E-state index contributed by atoms with van der Waals surface area (Å²) in [4.78, 5) is 36.0. The number of carboxylic acid groups (broad SMARTS) is 1. The predicted octanol–water partition coefficient (Wildman–Crippen LogP) is 2.65. The maximum atomic E-state index is 12.5. The zero-order chi connectivity index (χ0) is 23.1. The van der Waals surface area contributed by atoms with Crippen LogP contribution in [-0.2, 0) is 14.3 Å². The van der Waals surface area contributed by atoms with Gasteiger partial charge in [-0.2, -0.15) is 0 Å². The molecule has 0 radical (unpaired) electrons. The minimum Gasteiger partial charge on any atom is -0.481 e. The van der Waals surface area contributed by atoms with Gasteiger partial charge in [0, 0.05) is 12.3 Å². The van der Waals surface area contributed by atoms with Gasteiger partial charge in [0.2, 0.25) is 5.91 Å². The van der Waals surface area contributed by atoms with Gasteiger partial charge in [-0.15, -0.1) is 0 Å². The van der Waals surface area contributed by atoms with Gasteiger partial charge in [0.05, 0.1) is 12.6 Å². The fourth-order valence-electron chi connectivity index (χ4n) is 3.90. The summed E-state index contributed by atoms with van der Waals surface area (Å²) in [7, 11) is 0. The van der Waals surface area contributed by atoms with Crippen LogP contribution in [0, 0.1) is 0 Å². The van der Waals surface area contributed by atoms with Crippen LogP contribution in [0.5, 0.6) is 0 Å². The van der Waals surface area contributed by atoms with E-state index in [1.807, 2.05) is 48.5 Å². The van der Waals surface area contributed by atoms with E-state index in [2.05, 4.69) is 10.6 Å². The first-order chi connectivity index (χ1) is 15.4. The van der Waals surface area contributed by atoms with Gasteiger partial charge in [-0.25, -0.2) is 4.79 Å². The maximum absolute atomic E-state index is 12.5. The molecule has 1 aliphatic carbocycles. The number of aliphatic hydroxyl groups is 1. The van der Waals surface area contributed by atoms with Crippen LogP contribution in [0.1, 0.15) is 43.2 Å². The van der Waals surface area contributed by atoms with Gasteiger partial charge in [0.15, 0.2) is 0 Å². The number of alkyl carbamates (subject to hydrolysis) is 1. The molecule has 1 unspecified atom stereocenters. The minimum atomic E-state index is -1.08. The zero-order valence-corrected chi connectivity index (χ0v) is 17.9. The molecule has 1 aliphatic rings. The summed E-state index contributed by atoms with van der Waals surface area (Å²) in [6.45, 7) is 1.63. The highest BCUT2D eigenvalue weighted by Gasteiger charge is 2.30. The summed E-state index contributed by atoms with van der Waals surface area (Å²) in [5.74, 6) is -1.76. The highest BCUT2D eigenvalue weighted by molar-refractivity contribution is 5.86. The molecule has 0 heterocycles. The maximum Gasteiger partial charge on any atom is 0.407 e. The van der Waals surface area contributed by atoms with Crippen molar-refractivity contribution in [2.45, 2.75) is 44.2 Å². The summed E-state index contributed by atoms with van der Waals surface area (Å²) < 4.78 is 5.46. The average Bonchev–Trinajstić information content (AvgIpc) is 3.12. The Morgan fingerprint density at radius 1 is 1.00 bits per heavy atom. The number of nitrogens with one attached hydrogen (secondary N) is 2. The van der Waals surface area contributed by atoms with Crippen LogP contribution >= 0.6 is 0 Å². The quantitative estimate of drug-likeness (QED) is 0.450. The second-order valence-corrected chi connectivity index (χ2v) is 7.75. The Morgan fingerprint density at radius 2 is 1.59 bits per heavy atom. The molecule has 0 bridgehead atoms. The number of benzene rings is 2. The van der Waals surface area contributed by atoms with Gasteiger partial charge in [-0.1, -0.05) is 55.5 Å². The van der Waals surface area contributed by atoms with Crippen molar-refractivity contribution in [2.75, 3.05) is 13.2 Å². The van der Waals surface area contributed by atoms with Crippen LogP contribution in [0.2, 0.25) is 0 Å². The van der Waals surface area contributed by atoms with Gasteiger partial charge < -0.3 is 25.6 Å². The number of carbonyl (C=O) groups is 3. The first-order valence-electron chi connectivity index (χ1n) is 10.7. The second kappa shape index (κ2) is 10.8. The Labute approximate surface area is 186 Å². The number of amides is 2. The fourth-order valence-corrected chi connectivity index (χ4v) is 3.90. The van der Waals surface area contributed by atoms with Crippen molar-refractivity contribution in [3.63, 3.8) is 0 Å². The molecule has 0 spiro atoms. The lowest BCUT2D eigenvalue weighted by atomic mass is 9.98. The van der Waals surface area contributed by atoms with E-state index in [1.54, 1.807) is 6.92 Å². The standard InChI is InChI=1S/C24H28N2O6/c1-2-15(13-27)25-23(30)21(11-12-22(28)29)26-24(31)32-14-20-18-9-5-3-7-16(18)17-8-4-6-10-19(17)20/h3-10,15,20-21,27H,2,11-14H2,1H3,(H,25,30)(H,26,31)(H,28,29)/t15-,21?/m0/s1. The van der Waals surface area contributed by atoms with E-state index in [0.717, 1.165) is 22.3 Å². The second-order valence-electron chi connectivity index (χ2n) is 7.75. The van der Waals surface area contributed by atoms with Crippen molar-refractivity contribution in [2.24, 2.45) is 0 Å². The molecule has 0 aromatic heterocycles. The Morgan fingerprint density at radius 3 is 2.12 bits per heavy atom. The topological polar surface area (TPSA) is 125 Å². The number of carboxylic acids is 1. The first-order valence-corrected chi connectivity index (χ1v) is 10.7. The van der Waals surface area contributed by atoms with E-state index in [-0.39, 0.29) is 32.0 Å². The molecule has 0 saturated heterocycles. The zero-order valence-electron chi connectivity index (χ0n) is 17.9. The molecule has 8 heteroatoms. The van der Waals surface area contributed by atoms with Crippen LogP contribution in [0.3, 0.4) is 0 Å². The fraction of sp³-hybridized carbons (Fsp3) is 0.375. The lowest BCUT2D eigenvalue weighted by molar-refractivity contribution is -0.137. The molecule has 2 aromatic rings. The largest absolute Gasteiger partial charge is 0.481 e. The molecule has 4 N–H and O–H groups in total. The van der Waals surface area contributed by atoms with Crippen molar-refractivity contribution < 1.29 is 29.3 Å². The molecule has 3 rings (SSSR count). The third-order valence-electron chi connectivity index (χ3n) is 5.66. The van der Waals surface area contributed by atoms with E-state index < -0.39 is 30.1 Å². The highest BCUT2D eigenvalue weighted by atomic mass is 16.5. The van der Waals surface area contributed by atoms with Crippen LogP contribution < -0.4 is 10.6 Å². The van der Waals surface area contributed by atoms with Crippen molar-refractivity contribution in [1.29, 1.82) is 0 Å². The Kier molecular flexibility index (Phi) is 7.83. The van der Waals surface area contributed by atoms with Gasteiger partial charge in [-0.3, -0.25) is 9.59 Å². The van der Waals surface area contributed by atoms with E-state index in [0.29, 0.717) is 6.42 Å². The van der Waals surface area contributed by atoms with Crippen molar-refractivity contribution in [3.8, 4) is 11.1 Å². The molecule has 2 atom stereocenters. The van der Waals surface area contributed by atoms with Gasteiger partial charge in [0.1, 0.15) is 12.6 Å². The summed E-state index contributed by atoms with van der Waals surface area (Å²) >= 11 is 0. The number of carbonyl (C=O) groups excluding carboxylic acids is 2. The molecule has 2 amide bonds. The molecule has 0 aliphatic heterocycles. The van der Waals surface area contributed by atoms with Crippen LogP contribution in [0.25, 0.3) is 11.1 Å². The number of hydrogen-bond acceptors (Lipinski definition) is 5. The normalized spacial score (nSPS) is 14.1. The minimum absolute atomic E-state index is 0.0847. The number of aliphatic carboxylic acids is 1. The molecule has 32 heavy (non-hydrogen) atoms. The van der Waals surface area contributed by atoms with E-state index in [9.17, 15) is 19.5 Å². The summed E-state index contributed by atoms with van der Waals surface area (Å²) in [6, 6.07) is 14.3. The van der Waals surface area contributed by atoms with E-state index in [1.165, 1.54) is 0 Å². The molecule has 2 aromatic carbocycles. The molecule has 170 valence electrons. The third-order valence-corrected chi connectivity index (χ3v) is 5.66. The monoisotopic (exact) mass is 440 g/mol. The first kappa shape index (κ1) is 23.3. The summed E-state index contributed by atoms with van der Waals surface area (Å²) in [5.41, 5.74) is 4.33. The average molecular weight is 440 g/mol. The van der Waals surface area contributed by atoms with Crippen molar-refractivity contribution >= 4 is 18.0 Å². The number of fused-ring (bicyclic) bond motifs is 3. The Bertz CT molecular complexity index is 927. The molecule has 8 nitrogen and oxygen atoms in total. The number of rotatable bonds is 10. The lowest BCUT2D eigenvalue weighted by Gasteiger charge is -2.22. The third kappa shape index (κ3) is 5.45. The van der Waals surface area contributed by atoms with Crippen molar-refractivity contribution in [3.05, 3.63) is 59.7 Å². The van der Waals surface area contributed by atoms with Gasteiger partial charge >= 0.3 is 12.1 Å². The van der Waals surface area contributed by atoms with Crippen molar-refractivity contribution in [1.82, 2.24) is 10.6 Å².